The summed E-state index contributed by atoms with van der Waals surface area (Å²) >= 11 is 0. The molecule has 0 aliphatic carbocycles. The molecule has 2 atom stereocenters. The lowest BCUT2D eigenvalue weighted by molar-refractivity contribution is -0.119. The van der Waals surface area contributed by atoms with Gasteiger partial charge < -0.3 is 14.6 Å². The number of fused-ring (bicyclic) bond motifs is 1. The molecule has 2 aliphatic rings. The second-order valence-electron chi connectivity index (χ2n) is 5.82. The van der Waals surface area contributed by atoms with Gasteiger partial charge in [-0.3, -0.25) is 14.3 Å². The number of amides is 2. The van der Waals surface area contributed by atoms with Crippen LogP contribution < -0.4 is 5.32 Å². The molecular weight excluding hydrogens is 284 g/mol. The predicted molar refractivity (Wildman–Crippen MR) is 76.0 cm³/mol. The van der Waals surface area contributed by atoms with E-state index in [0.29, 0.717) is 37.6 Å². The van der Waals surface area contributed by atoms with Crippen molar-refractivity contribution in [3.63, 3.8) is 0 Å². The Bertz CT molecular complexity index is 690. The second-order valence-corrected chi connectivity index (χ2v) is 5.82. The third-order valence-corrected chi connectivity index (χ3v) is 4.27. The zero-order chi connectivity index (χ0) is 15.1. The fourth-order valence-electron chi connectivity index (χ4n) is 3.20. The van der Waals surface area contributed by atoms with Crippen LogP contribution in [-0.4, -0.2) is 45.6 Å². The van der Waals surface area contributed by atoms with Gasteiger partial charge in [-0.2, -0.15) is 5.10 Å². The predicted octanol–water partition coefficient (Wildman–Crippen LogP) is 0.485. The van der Waals surface area contributed by atoms with E-state index in [1.807, 2.05) is 12.3 Å². The van der Waals surface area contributed by atoms with Gasteiger partial charge in [-0.05, 0) is 18.2 Å². The van der Waals surface area contributed by atoms with Gasteiger partial charge in [-0.15, -0.1) is 0 Å². The summed E-state index contributed by atoms with van der Waals surface area (Å²) in [6.45, 7) is 1.67. The first-order valence-corrected chi connectivity index (χ1v) is 7.34. The van der Waals surface area contributed by atoms with Gasteiger partial charge >= 0.3 is 0 Å². The highest BCUT2D eigenvalue weighted by atomic mass is 16.4. The Balaban J connectivity index is 1.43. The molecule has 4 heterocycles. The number of carbonyl (C=O) groups excluding carboxylic acids is 2. The van der Waals surface area contributed by atoms with Crippen molar-refractivity contribution < 1.29 is 14.0 Å². The van der Waals surface area contributed by atoms with Gasteiger partial charge in [0, 0.05) is 37.8 Å². The van der Waals surface area contributed by atoms with Crippen LogP contribution in [0.5, 0.6) is 0 Å². The molecule has 0 saturated carbocycles. The lowest BCUT2D eigenvalue weighted by atomic mass is 10.1. The van der Waals surface area contributed by atoms with Crippen molar-refractivity contribution in [1.82, 2.24) is 20.0 Å². The Kier molecular flexibility index (Phi) is 2.99. The van der Waals surface area contributed by atoms with E-state index in [1.165, 1.54) is 0 Å². The molecule has 2 fully saturated rings. The van der Waals surface area contributed by atoms with Gasteiger partial charge in [0.25, 0.3) is 5.91 Å². The van der Waals surface area contributed by atoms with Crippen LogP contribution in [0, 0.1) is 5.92 Å². The highest BCUT2D eigenvalue weighted by Crippen LogP contribution is 2.26. The van der Waals surface area contributed by atoms with Crippen LogP contribution in [0.3, 0.4) is 0 Å². The lowest BCUT2D eigenvalue weighted by Gasteiger charge is -2.15. The molecule has 114 valence electrons. The maximum Gasteiger partial charge on any atom is 0.289 e. The molecule has 7 nitrogen and oxygen atoms in total. The molecule has 7 heteroatoms. The third kappa shape index (κ3) is 2.28. The number of carbonyl (C=O) groups is 2. The molecule has 0 unspecified atom stereocenters. The maximum atomic E-state index is 12.5. The van der Waals surface area contributed by atoms with Crippen molar-refractivity contribution >= 4 is 11.8 Å². The minimum absolute atomic E-state index is 0.0848. The molecule has 2 aromatic rings. The monoisotopic (exact) mass is 300 g/mol. The summed E-state index contributed by atoms with van der Waals surface area (Å²) in [5.74, 6) is 1.24. The van der Waals surface area contributed by atoms with Crippen LogP contribution in [0.2, 0.25) is 0 Å². The molecule has 4 rings (SSSR count). The average Bonchev–Trinajstić information content (AvgIpc) is 3.21. The molecule has 0 bridgehead atoms. The van der Waals surface area contributed by atoms with Gasteiger partial charge in [-0.1, -0.05) is 0 Å². The maximum absolute atomic E-state index is 12.5. The molecule has 2 aliphatic heterocycles. The highest BCUT2D eigenvalue weighted by molar-refractivity contribution is 5.92. The molecule has 2 aromatic heterocycles. The number of nitrogens with zero attached hydrogens (tertiary/aromatic N) is 3. The smallest absolute Gasteiger partial charge is 0.289 e. The van der Waals surface area contributed by atoms with Crippen molar-refractivity contribution in [2.45, 2.75) is 19.0 Å². The summed E-state index contributed by atoms with van der Waals surface area (Å²) in [5.41, 5.74) is 0. The zero-order valence-corrected chi connectivity index (χ0v) is 11.9. The lowest BCUT2D eigenvalue weighted by Crippen LogP contribution is -2.35. The van der Waals surface area contributed by atoms with E-state index in [-0.39, 0.29) is 23.8 Å². The van der Waals surface area contributed by atoms with Gasteiger partial charge in [-0.25, -0.2) is 0 Å². The Labute approximate surface area is 126 Å². The number of hydrogen-bond donors (Lipinski definition) is 1. The van der Waals surface area contributed by atoms with E-state index in [0.717, 1.165) is 0 Å². The Morgan fingerprint density at radius 1 is 1.41 bits per heavy atom. The molecule has 1 N–H and O–H groups in total. The van der Waals surface area contributed by atoms with Gasteiger partial charge in [0.1, 0.15) is 5.76 Å². The quantitative estimate of drug-likeness (QED) is 0.894. The molecule has 0 aromatic carbocycles. The topological polar surface area (TPSA) is 80.4 Å². The Morgan fingerprint density at radius 2 is 2.32 bits per heavy atom. The molecule has 0 spiro atoms. The molecule has 0 radical (unpaired) electrons. The zero-order valence-electron chi connectivity index (χ0n) is 11.9. The van der Waals surface area contributed by atoms with E-state index in [4.69, 9.17) is 4.42 Å². The van der Waals surface area contributed by atoms with E-state index in [2.05, 4.69) is 10.4 Å². The second kappa shape index (κ2) is 5.01. The number of hydrogen-bond acceptors (Lipinski definition) is 4. The van der Waals surface area contributed by atoms with Crippen molar-refractivity contribution in [2.24, 2.45) is 5.92 Å². The Morgan fingerprint density at radius 3 is 3.09 bits per heavy atom. The van der Waals surface area contributed by atoms with Gasteiger partial charge in [0.15, 0.2) is 5.76 Å². The largest absolute Gasteiger partial charge is 0.454 e. The first-order chi connectivity index (χ1) is 10.7. The fraction of sp³-hybridized carbons (Fsp3) is 0.400. The van der Waals surface area contributed by atoms with E-state index >= 15 is 0 Å². The van der Waals surface area contributed by atoms with Crippen LogP contribution in [0.4, 0.5) is 0 Å². The Hall–Kier alpha value is -2.57. The first kappa shape index (κ1) is 13.1. The minimum Gasteiger partial charge on any atom is -0.454 e. The van der Waals surface area contributed by atoms with Crippen molar-refractivity contribution in [3.05, 3.63) is 42.1 Å². The van der Waals surface area contributed by atoms with Crippen molar-refractivity contribution in [2.75, 3.05) is 13.1 Å². The van der Waals surface area contributed by atoms with Crippen LogP contribution >= 0.6 is 0 Å². The molecule has 2 amide bonds. The summed E-state index contributed by atoms with van der Waals surface area (Å²) in [6, 6.07) is 5.43. The summed E-state index contributed by atoms with van der Waals surface area (Å²) in [5, 5.41) is 7.02. The summed E-state index contributed by atoms with van der Waals surface area (Å²) in [4.78, 5) is 25.5. The van der Waals surface area contributed by atoms with Gasteiger partial charge in [0.05, 0.1) is 12.6 Å². The number of rotatable bonds is 3. The molecular formula is C15H16N4O3. The summed E-state index contributed by atoms with van der Waals surface area (Å²) in [6.07, 6.45) is 4.05. The fourth-order valence-corrected chi connectivity index (χ4v) is 3.20. The molecule has 2 saturated heterocycles. The first-order valence-electron chi connectivity index (χ1n) is 7.34. The summed E-state index contributed by atoms with van der Waals surface area (Å²) < 4.78 is 7.37. The van der Waals surface area contributed by atoms with Crippen LogP contribution in [0.1, 0.15) is 22.7 Å². The van der Waals surface area contributed by atoms with Crippen molar-refractivity contribution in [1.29, 1.82) is 0 Å². The van der Waals surface area contributed by atoms with E-state index < -0.39 is 0 Å². The third-order valence-electron chi connectivity index (χ3n) is 4.27. The van der Waals surface area contributed by atoms with E-state index in [9.17, 15) is 9.59 Å². The highest BCUT2D eigenvalue weighted by Gasteiger charge is 2.42. The van der Waals surface area contributed by atoms with Crippen molar-refractivity contribution in [3.8, 4) is 0 Å². The van der Waals surface area contributed by atoms with Crippen LogP contribution in [-0.2, 0) is 11.3 Å². The number of furan rings is 1. The van der Waals surface area contributed by atoms with E-state index in [1.54, 1.807) is 27.9 Å². The summed E-state index contributed by atoms with van der Waals surface area (Å²) in [7, 11) is 0. The number of nitrogens with one attached hydrogen (secondary N) is 1. The van der Waals surface area contributed by atoms with Crippen LogP contribution in [0.15, 0.2) is 35.0 Å². The number of aromatic nitrogens is 2. The van der Waals surface area contributed by atoms with Gasteiger partial charge in [0.2, 0.25) is 5.91 Å². The standard InChI is InChI=1S/C15H16N4O3/c20-14-6-10-7-18(9-12(10)17-14)15(21)13-3-2-11(22-13)8-19-5-1-4-16-19/h1-5,10,12H,6-9H2,(H,17,20)/t10-,12+/m0/s1. The average molecular weight is 300 g/mol. The normalized spacial score (nSPS) is 23.6. The molecule has 22 heavy (non-hydrogen) atoms. The van der Waals surface area contributed by atoms with Crippen LogP contribution in [0.25, 0.3) is 0 Å². The SMILES string of the molecule is O=C1C[C@H]2CN(C(=O)c3ccc(Cn4cccn4)o3)C[C@H]2N1. The number of likely N-dealkylation sites (tertiary alicyclic amines) is 1. The minimum atomic E-state index is -0.115.